The Bertz CT molecular complexity index is 924. The second kappa shape index (κ2) is 7.83. The summed E-state index contributed by atoms with van der Waals surface area (Å²) in [6.45, 7) is 9.01. The van der Waals surface area contributed by atoms with Gasteiger partial charge in [0.2, 0.25) is 0 Å². The highest BCUT2D eigenvalue weighted by molar-refractivity contribution is 7.14. The van der Waals surface area contributed by atoms with Gasteiger partial charge in [0.15, 0.2) is 5.13 Å². The lowest BCUT2D eigenvalue weighted by Gasteiger charge is -2.21. The fourth-order valence-corrected chi connectivity index (χ4v) is 3.80. The minimum absolute atomic E-state index is 0.0324. The van der Waals surface area contributed by atoms with Crippen molar-refractivity contribution < 1.29 is 4.79 Å². The Kier molecular flexibility index (Phi) is 5.68. The molecule has 0 N–H and O–H groups in total. The van der Waals surface area contributed by atoms with E-state index in [1.807, 2.05) is 60.8 Å². The minimum Gasteiger partial charge on any atom is -0.284 e. The first-order chi connectivity index (χ1) is 12.8. The second-order valence-corrected chi connectivity index (χ2v) is 8.67. The highest BCUT2D eigenvalue weighted by atomic mass is 35.5. The number of carbonyl (C=O) groups excluding carboxylic acids is 1. The molecule has 0 saturated carbocycles. The van der Waals surface area contributed by atoms with E-state index >= 15 is 0 Å². The summed E-state index contributed by atoms with van der Waals surface area (Å²) >= 11 is 7.43. The number of carbonyl (C=O) groups is 1. The standard InChI is InChI=1S/C22H23ClN2OS/c1-5-25(20(26)16-6-10-17(11-7-16)22(2,3)4)21-24-19(14-27-21)15-8-12-18(23)13-9-15/h6-14H,5H2,1-4H3. The van der Waals surface area contributed by atoms with Crippen LogP contribution in [0.2, 0.25) is 5.02 Å². The van der Waals surface area contributed by atoms with Crippen molar-refractivity contribution in [3.63, 3.8) is 0 Å². The third kappa shape index (κ3) is 4.40. The summed E-state index contributed by atoms with van der Waals surface area (Å²) in [5.74, 6) is -0.0324. The zero-order valence-corrected chi connectivity index (χ0v) is 17.6. The van der Waals surface area contributed by atoms with Crippen LogP contribution in [0.25, 0.3) is 11.3 Å². The van der Waals surface area contributed by atoms with E-state index in [0.29, 0.717) is 22.3 Å². The molecule has 0 bridgehead atoms. The Labute approximate surface area is 169 Å². The number of benzene rings is 2. The van der Waals surface area contributed by atoms with Crippen LogP contribution >= 0.6 is 22.9 Å². The molecule has 0 fully saturated rings. The molecule has 0 aliphatic rings. The number of nitrogens with zero attached hydrogens (tertiary/aromatic N) is 2. The van der Waals surface area contributed by atoms with Gasteiger partial charge in [0.25, 0.3) is 5.91 Å². The van der Waals surface area contributed by atoms with E-state index in [2.05, 4.69) is 25.8 Å². The summed E-state index contributed by atoms with van der Waals surface area (Å²) in [5.41, 5.74) is 3.78. The van der Waals surface area contributed by atoms with Gasteiger partial charge in [0.05, 0.1) is 5.69 Å². The predicted octanol–water partition coefficient (Wildman–Crippen LogP) is 6.43. The third-order valence-corrected chi connectivity index (χ3v) is 5.54. The van der Waals surface area contributed by atoms with Crippen molar-refractivity contribution in [2.45, 2.75) is 33.1 Å². The highest BCUT2D eigenvalue weighted by Gasteiger charge is 2.21. The molecule has 2 aromatic carbocycles. The molecule has 3 nitrogen and oxygen atoms in total. The van der Waals surface area contributed by atoms with Crippen LogP contribution in [0.15, 0.2) is 53.9 Å². The number of amides is 1. The zero-order valence-electron chi connectivity index (χ0n) is 16.0. The van der Waals surface area contributed by atoms with Gasteiger partial charge in [0.1, 0.15) is 0 Å². The van der Waals surface area contributed by atoms with E-state index in [1.54, 1.807) is 4.90 Å². The molecule has 27 heavy (non-hydrogen) atoms. The molecule has 0 atom stereocenters. The summed E-state index contributed by atoms with van der Waals surface area (Å²) in [6, 6.07) is 15.4. The maximum atomic E-state index is 13.0. The Balaban J connectivity index is 1.84. The van der Waals surface area contributed by atoms with Crippen molar-refractivity contribution in [1.82, 2.24) is 4.98 Å². The number of thiazole rings is 1. The van der Waals surface area contributed by atoms with Crippen molar-refractivity contribution in [2.24, 2.45) is 0 Å². The van der Waals surface area contributed by atoms with Crippen molar-refractivity contribution >= 4 is 34.0 Å². The average molecular weight is 399 g/mol. The predicted molar refractivity (Wildman–Crippen MR) is 115 cm³/mol. The number of rotatable bonds is 4. The van der Waals surface area contributed by atoms with Gasteiger partial charge in [-0.25, -0.2) is 4.98 Å². The van der Waals surface area contributed by atoms with E-state index in [4.69, 9.17) is 11.6 Å². The summed E-state index contributed by atoms with van der Waals surface area (Å²) < 4.78 is 0. The second-order valence-electron chi connectivity index (χ2n) is 7.40. The monoisotopic (exact) mass is 398 g/mol. The molecule has 0 aliphatic heterocycles. The van der Waals surface area contributed by atoms with E-state index in [9.17, 15) is 4.79 Å². The molecule has 1 aromatic heterocycles. The zero-order chi connectivity index (χ0) is 19.6. The summed E-state index contributed by atoms with van der Waals surface area (Å²) in [7, 11) is 0. The first-order valence-corrected chi connectivity index (χ1v) is 10.2. The van der Waals surface area contributed by atoms with Crippen LogP contribution < -0.4 is 4.90 Å². The van der Waals surface area contributed by atoms with Gasteiger partial charge < -0.3 is 0 Å². The third-order valence-electron chi connectivity index (χ3n) is 4.42. The molecule has 0 spiro atoms. The van der Waals surface area contributed by atoms with Crippen LogP contribution in [0.5, 0.6) is 0 Å². The lowest BCUT2D eigenvalue weighted by Crippen LogP contribution is -2.30. The largest absolute Gasteiger partial charge is 0.284 e. The summed E-state index contributed by atoms with van der Waals surface area (Å²) in [6.07, 6.45) is 0. The first kappa shape index (κ1) is 19.6. The van der Waals surface area contributed by atoms with E-state index in [0.717, 1.165) is 11.3 Å². The van der Waals surface area contributed by atoms with E-state index < -0.39 is 0 Å². The van der Waals surface area contributed by atoms with Crippen molar-refractivity contribution in [1.29, 1.82) is 0 Å². The molecule has 1 heterocycles. The van der Waals surface area contributed by atoms with Crippen LogP contribution in [0.3, 0.4) is 0 Å². The van der Waals surface area contributed by atoms with Crippen LogP contribution in [0.4, 0.5) is 5.13 Å². The van der Waals surface area contributed by atoms with E-state index in [1.165, 1.54) is 16.9 Å². The molecule has 3 rings (SSSR count). The maximum Gasteiger partial charge on any atom is 0.260 e. The lowest BCUT2D eigenvalue weighted by molar-refractivity contribution is 0.0988. The molecule has 0 unspecified atom stereocenters. The lowest BCUT2D eigenvalue weighted by atomic mass is 9.86. The average Bonchev–Trinajstić information content (AvgIpc) is 3.12. The SMILES string of the molecule is CCN(C(=O)c1ccc(C(C)(C)C)cc1)c1nc(-c2ccc(Cl)cc2)cs1. The highest BCUT2D eigenvalue weighted by Crippen LogP contribution is 2.29. The molecule has 140 valence electrons. The molecule has 0 aliphatic carbocycles. The van der Waals surface area contributed by atoms with Crippen LogP contribution in [0.1, 0.15) is 43.6 Å². The number of anilines is 1. The quantitative estimate of drug-likeness (QED) is 0.507. The molecule has 0 radical (unpaired) electrons. The Morgan fingerprint density at radius 1 is 1.07 bits per heavy atom. The topological polar surface area (TPSA) is 33.2 Å². The fraction of sp³-hybridized carbons (Fsp3) is 0.273. The Hall–Kier alpha value is -2.17. The normalized spacial score (nSPS) is 11.4. The van der Waals surface area contributed by atoms with Crippen LogP contribution in [-0.2, 0) is 5.41 Å². The Morgan fingerprint density at radius 3 is 2.26 bits per heavy atom. The Morgan fingerprint density at radius 2 is 1.70 bits per heavy atom. The molecule has 3 aromatic rings. The van der Waals surface area contributed by atoms with Gasteiger partial charge in [-0.05, 0) is 42.2 Å². The van der Waals surface area contributed by atoms with Gasteiger partial charge >= 0.3 is 0 Å². The number of hydrogen-bond acceptors (Lipinski definition) is 3. The maximum absolute atomic E-state index is 13.0. The minimum atomic E-state index is -0.0324. The molecule has 0 saturated heterocycles. The summed E-state index contributed by atoms with van der Waals surface area (Å²) in [4.78, 5) is 19.4. The number of hydrogen-bond donors (Lipinski definition) is 0. The van der Waals surface area contributed by atoms with Gasteiger partial charge in [-0.1, -0.05) is 56.6 Å². The number of halogens is 1. The van der Waals surface area contributed by atoms with Crippen molar-refractivity contribution in [3.8, 4) is 11.3 Å². The smallest absolute Gasteiger partial charge is 0.260 e. The molecule has 1 amide bonds. The van der Waals surface area contributed by atoms with Gasteiger partial charge in [-0.3, -0.25) is 9.69 Å². The number of aromatic nitrogens is 1. The van der Waals surface area contributed by atoms with Crippen LogP contribution in [-0.4, -0.2) is 17.4 Å². The van der Waals surface area contributed by atoms with E-state index in [-0.39, 0.29) is 11.3 Å². The van der Waals surface area contributed by atoms with Crippen molar-refractivity contribution in [3.05, 3.63) is 70.1 Å². The summed E-state index contributed by atoms with van der Waals surface area (Å²) in [5, 5.41) is 3.36. The van der Waals surface area contributed by atoms with Gasteiger partial charge in [-0.15, -0.1) is 11.3 Å². The molecular weight excluding hydrogens is 376 g/mol. The van der Waals surface area contributed by atoms with Crippen LogP contribution in [0, 0.1) is 0 Å². The molecular formula is C22H23ClN2OS. The fourth-order valence-electron chi connectivity index (χ4n) is 2.78. The molecule has 5 heteroatoms. The first-order valence-electron chi connectivity index (χ1n) is 8.93. The van der Waals surface area contributed by atoms with Gasteiger partial charge in [-0.2, -0.15) is 0 Å². The van der Waals surface area contributed by atoms with Gasteiger partial charge in [0, 0.05) is 28.1 Å². The van der Waals surface area contributed by atoms with Crippen molar-refractivity contribution in [2.75, 3.05) is 11.4 Å².